The van der Waals surface area contributed by atoms with Crippen molar-refractivity contribution in [2.24, 2.45) is 5.92 Å². The molecule has 1 aliphatic carbocycles. The lowest BCUT2D eigenvalue weighted by Gasteiger charge is -2.46. The third kappa shape index (κ3) is 4.26. The van der Waals surface area contributed by atoms with Crippen LogP contribution in [0.4, 0.5) is 0 Å². The summed E-state index contributed by atoms with van der Waals surface area (Å²) >= 11 is 0. The van der Waals surface area contributed by atoms with Gasteiger partial charge in [0.2, 0.25) is 11.8 Å². The number of benzene rings is 1. The van der Waals surface area contributed by atoms with Crippen molar-refractivity contribution in [2.75, 3.05) is 20.3 Å². The maximum Gasteiger partial charge on any atom is 0.225 e. The number of likely N-dealkylation sites (tertiary alicyclic amines) is 1. The smallest absolute Gasteiger partial charge is 0.225 e. The molecule has 0 aromatic heterocycles. The van der Waals surface area contributed by atoms with Crippen LogP contribution < -0.4 is 5.32 Å². The molecule has 2 fully saturated rings. The minimum absolute atomic E-state index is 0.0317. The lowest BCUT2D eigenvalue weighted by Crippen LogP contribution is -2.52. The van der Waals surface area contributed by atoms with E-state index in [4.69, 9.17) is 4.74 Å². The van der Waals surface area contributed by atoms with Crippen LogP contribution in [-0.4, -0.2) is 43.0 Å². The first-order valence-electron chi connectivity index (χ1n) is 9.85. The van der Waals surface area contributed by atoms with E-state index in [2.05, 4.69) is 22.3 Å². The molecule has 2 aliphatic rings. The molecule has 2 atom stereocenters. The second kappa shape index (κ2) is 9.17. The Hall–Kier alpha value is -1.88. The Morgan fingerprint density at radius 3 is 2.58 bits per heavy atom. The van der Waals surface area contributed by atoms with E-state index in [1.807, 2.05) is 18.2 Å². The number of rotatable bonds is 6. The fourth-order valence-corrected chi connectivity index (χ4v) is 4.43. The molecule has 26 heavy (non-hydrogen) atoms. The average molecular weight is 358 g/mol. The largest absolute Gasteiger partial charge is 0.383 e. The number of nitrogens with one attached hydrogen (secondary N) is 1. The van der Waals surface area contributed by atoms with E-state index in [1.54, 1.807) is 7.11 Å². The van der Waals surface area contributed by atoms with E-state index in [9.17, 15) is 9.59 Å². The number of ether oxygens (including phenoxy) is 1. The fourth-order valence-electron chi connectivity index (χ4n) is 4.43. The minimum atomic E-state index is -0.200. The van der Waals surface area contributed by atoms with Crippen LogP contribution in [0.25, 0.3) is 0 Å². The van der Waals surface area contributed by atoms with Crippen molar-refractivity contribution in [3.8, 4) is 0 Å². The molecule has 2 amide bonds. The van der Waals surface area contributed by atoms with Crippen LogP contribution in [0.2, 0.25) is 0 Å². The predicted octanol–water partition coefficient (Wildman–Crippen LogP) is 3.06. The van der Waals surface area contributed by atoms with E-state index < -0.39 is 0 Å². The Morgan fingerprint density at radius 2 is 1.88 bits per heavy atom. The monoisotopic (exact) mass is 358 g/mol. The molecule has 1 saturated heterocycles. The maximum atomic E-state index is 12.9. The van der Waals surface area contributed by atoms with E-state index >= 15 is 0 Å². The molecule has 1 heterocycles. The maximum absolute atomic E-state index is 12.9. The number of piperidine rings is 1. The van der Waals surface area contributed by atoms with Gasteiger partial charge in [-0.3, -0.25) is 9.59 Å². The Bertz CT molecular complexity index is 599. The highest BCUT2D eigenvalue weighted by atomic mass is 16.5. The van der Waals surface area contributed by atoms with Crippen LogP contribution in [-0.2, 0) is 14.3 Å². The van der Waals surface area contributed by atoms with Gasteiger partial charge in [0.25, 0.3) is 0 Å². The van der Waals surface area contributed by atoms with E-state index in [1.165, 1.54) is 19.3 Å². The number of amides is 2. The zero-order valence-corrected chi connectivity index (χ0v) is 15.7. The van der Waals surface area contributed by atoms with Crippen LogP contribution in [0.1, 0.15) is 56.6 Å². The van der Waals surface area contributed by atoms with E-state index in [0.29, 0.717) is 26.0 Å². The minimum Gasteiger partial charge on any atom is -0.383 e. The van der Waals surface area contributed by atoms with Crippen molar-refractivity contribution in [3.05, 3.63) is 35.9 Å². The molecule has 5 heteroatoms. The average Bonchev–Trinajstić information content (AvgIpc) is 2.69. The Balaban J connectivity index is 1.87. The van der Waals surface area contributed by atoms with Crippen molar-refractivity contribution in [3.63, 3.8) is 0 Å². The highest BCUT2D eigenvalue weighted by molar-refractivity contribution is 5.85. The number of carbonyl (C=O) groups is 2. The molecule has 0 spiro atoms. The molecule has 0 bridgehead atoms. The second-order valence-corrected chi connectivity index (χ2v) is 7.38. The molecule has 0 unspecified atom stereocenters. The van der Waals surface area contributed by atoms with E-state index in [-0.39, 0.29) is 29.8 Å². The van der Waals surface area contributed by atoms with Gasteiger partial charge >= 0.3 is 0 Å². The molecule has 142 valence electrons. The molecule has 1 saturated carbocycles. The fraction of sp³-hybridized carbons (Fsp3) is 0.619. The van der Waals surface area contributed by atoms with Crippen LogP contribution in [0.15, 0.2) is 30.3 Å². The Morgan fingerprint density at radius 1 is 1.15 bits per heavy atom. The molecule has 0 radical (unpaired) electrons. The number of hydrogen-bond acceptors (Lipinski definition) is 3. The highest BCUT2D eigenvalue weighted by Gasteiger charge is 2.43. The third-order valence-corrected chi connectivity index (χ3v) is 5.69. The summed E-state index contributed by atoms with van der Waals surface area (Å²) in [6, 6.07) is 10.2. The Kier molecular flexibility index (Phi) is 6.67. The first kappa shape index (κ1) is 18.9. The van der Waals surface area contributed by atoms with Crippen LogP contribution >= 0.6 is 0 Å². The molecule has 3 rings (SSSR count). The topological polar surface area (TPSA) is 58.6 Å². The highest BCUT2D eigenvalue weighted by Crippen LogP contribution is 2.41. The van der Waals surface area contributed by atoms with Crippen molar-refractivity contribution in [1.29, 1.82) is 0 Å². The summed E-state index contributed by atoms with van der Waals surface area (Å²) in [4.78, 5) is 27.8. The van der Waals surface area contributed by atoms with E-state index in [0.717, 1.165) is 18.4 Å². The molecule has 1 N–H and O–H groups in total. The Labute approximate surface area is 156 Å². The first-order valence-corrected chi connectivity index (χ1v) is 9.85. The van der Waals surface area contributed by atoms with Crippen molar-refractivity contribution < 1.29 is 14.3 Å². The second-order valence-electron chi connectivity index (χ2n) is 7.38. The molecule has 1 aromatic carbocycles. The molecular weight excluding hydrogens is 328 g/mol. The zero-order valence-electron chi connectivity index (χ0n) is 15.7. The summed E-state index contributed by atoms with van der Waals surface area (Å²) in [7, 11) is 1.63. The van der Waals surface area contributed by atoms with Gasteiger partial charge in [-0.15, -0.1) is 0 Å². The third-order valence-electron chi connectivity index (χ3n) is 5.69. The van der Waals surface area contributed by atoms with Gasteiger partial charge < -0.3 is 15.0 Å². The van der Waals surface area contributed by atoms with Gasteiger partial charge in [-0.25, -0.2) is 0 Å². The summed E-state index contributed by atoms with van der Waals surface area (Å²) < 4.78 is 5.05. The van der Waals surface area contributed by atoms with Crippen LogP contribution in [0.5, 0.6) is 0 Å². The van der Waals surface area contributed by atoms with Crippen LogP contribution in [0.3, 0.4) is 0 Å². The number of methoxy groups -OCH3 is 1. The van der Waals surface area contributed by atoms with Gasteiger partial charge in [-0.2, -0.15) is 0 Å². The number of carbonyl (C=O) groups excluding carboxylic acids is 2. The SMILES string of the molecule is COCCNC(=O)[C@H]1CCC(=O)N(C2CCCCC2)[C@H]1c1ccccc1. The van der Waals surface area contributed by atoms with Crippen molar-refractivity contribution in [2.45, 2.75) is 57.0 Å². The van der Waals surface area contributed by atoms with Gasteiger partial charge in [0, 0.05) is 26.1 Å². The molecule has 5 nitrogen and oxygen atoms in total. The predicted molar refractivity (Wildman–Crippen MR) is 101 cm³/mol. The first-order chi connectivity index (χ1) is 12.7. The summed E-state index contributed by atoms with van der Waals surface area (Å²) in [5.41, 5.74) is 1.07. The summed E-state index contributed by atoms with van der Waals surface area (Å²) in [5, 5.41) is 2.99. The quantitative estimate of drug-likeness (QED) is 0.795. The van der Waals surface area contributed by atoms with Crippen molar-refractivity contribution >= 4 is 11.8 Å². The lowest BCUT2D eigenvalue weighted by atomic mass is 9.80. The van der Waals surface area contributed by atoms with Gasteiger partial charge in [-0.1, -0.05) is 49.6 Å². The number of nitrogens with zero attached hydrogens (tertiary/aromatic N) is 1. The van der Waals surface area contributed by atoms with Gasteiger partial charge in [-0.05, 0) is 24.8 Å². The number of hydrogen-bond donors (Lipinski definition) is 1. The summed E-state index contributed by atoms with van der Waals surface area (Å²) in [5.74, 6) is 0.0322. The van der Waals surface area contributed by atoms with Crippen molar-refractivity contribution in [1.82, 2.24) is 10.2 Å². The summed E-state index contributed by atoms with van der Waals surface area (Å²) in [6.07, 6.45) is 6.75. The summed E-state index contributed by atoms with van der Waals surface area (Å²) in [6.45, 7) is 1.00. The molecule has 1 aliphatic heterocycles. The lowest BCUT2D eigenvalue weighted by molar-refractivity contribution is -0.147. The van der Waals surface area contributed by atoms with Crippen LogP contribution in [0, 0.1) is 5.92 Å². The molecule has 1 aromatic rings. The molecular formula is C21H30N2O3. The normalized spacial score (nSPS) is 24.5. The zero-order chi connectivity index (χ0) is 18.4. The van der Waals surface area contributed by atoms with Gasteiger partial charge in [0.1, 0.15) is 0 Å². The standard InChI is InChI=1S/C21H30N2O3/c1-26-15-14-22-21(25)18-12-13-19(24)23(17-10-6-3-7-11-17)20(18)16-8-4-2-5-9-16/h2,4-5,8-9,17-18,20H,3,6-7,10-15H2,1H3,(H,22,25)/t18-,20-/m0/s1. The van der Waals surface area contributed by atoms with Gasteiger partial charge in [0.15, 0.2) is 0 Å². The van der Waals surface area contributed by atoms with Gasteiger partial charge in [0.05, 0.1) is 18.6 Å².